The molecule has 0 amide bonds. The van der Waals surface area contributed by atoms with Crippen molar-refractivity contribution in [2.75, 3.05) is 19.7 Å². The predicted molar refractivity (Wildman–Crippen MR) is 82.6 cm³/mol. The molecule has 0 spiro atoms. The molecular weight excluding hydrogens is 266 g/mol. The van der Waals surface area contributed by atoms with Gasteiger partial charge in [-0.1, -0.05) is 12.1 Å². The van der Waals surface area contributed by atoms with Crippen LogP contribution in [0.15, 0.2) is 18.2 Å². The summed E-state index contributed by atoms with van der Waals surface area (Å²) in [7, 11) is 0. The first-order chi connectivity index (χ1) is 10.2. The highest BCUT2D eigenvalue weighted by molar-refractivity contribution is 5.89. The molecule has 2 rings (SSSR count). The fourth-order valence-electron chi connectivity index (χ4n) is 2.89. The molecule has 4 nitrogen and oxygen atoms in total. The lowest BCUT2D eigenvalue weighted by atomic mass is 9.93. The summed E-state index contributed by atoms with van der Waals surface area (Å²) in [4.78, 5) is 10.9. The summed E-state index contributed by atoms with van der Waals surface area (Å²) in [6, 6.07) is 5.39. The van der Waals surface area contributed by atoms with E-state index in [1.54, 1.807) is 6.07 Å². The molecule has 0 aliphatic carbocycles. The molecular formula is C17H25NO3. The summed E-state index contributed by atoms with van der Waals surface area (Å²) in [5.74, 6) is -0.0196. The van der Waals surface area contributed by atoms with Gasteiger partial charge in [0.1, 0.15) is 0 Å². The van der Waals surface area contributed by atoms with E-state index in [1.165, 1.54) is 19.3 Å². The standard InChI is InChI=1S/C17H25NO3/c1-13-11-15(4-5-16(13)17(19)20)12-21-10-2-3-14-6-8-18-9-7-14/h4-5,11,14,18H,2-3,6-10,12H2,1H3,(H,19,20). The maximum Gasteiger partial charge on any atom is 0.335 e. The van der Waals surface area contributed by atoms with Crippen LogP contribution in [0.1, 0.15) is 47.2 Å². The molecule has 1 aromatic carbocycles. The monoisotopic (exact) mass is 291 g/mol. The third-order valence-electron chi connectivity index (χ3n) is 4.15. The van der Waals surface area contributed by atoms with Gasteiger partial charge in [-0.15, -0.1) is 0 Å². The van der Waals surface area contributed by atoms with Crippen LogP contribution in [-0.2, 0) is 11.3 Å². The van der Waals surface area contributed by atoms with Gasteiger partial charge in [-0.2, -0.15) is 0 Å². The van der Waals surface area contributed by atoms with Gasteiger partial charge in [-0.25, -0.2) is 4.79 Å². The molecule has 21 heavy (non-hydrogen) atoms. The van der Waals surface area contributed by atoms with E-state index in [0.717, 1.165) is 43.2 Å². The number of aryl methyl sites for hydroxylation is 1. The largest absolute Gasteiger partial charge is 0.478 e. The fraction of sp³-hybridized carbons (Fsp3) is 0.588. The first-order valence-electron chi connectivity index (χ1n) is 7.78. The van der Waals surface area contributed by atoms with Crippen LogP contribution < -0.4 is 5.32 Å². The Morgan fingerprint density at radius 2 is 2.14 bits per heavy atom. The third-order valence-corrected chi connectivity index (χ3v) is 4.15. The van der Waals surface area contributed by atoms with Gasteiger partial charge in [0.25, 0.3) is 0 Å². The first-order valence-corrected chi connectivity index (χ1v) is 7.78. The Kier molecular flexibility index (Phi) is 6.21. The van der Waals surface area contributed by atoms with Crippen molar-refractivity contribution in [3.63, 3.8) is 0 Å². The van der Waals surface area contributed by atoms with Gasteiger partial charge in [-0.05, 0) is 68.8 Å². The molecule has 2 N–H and O–H groups in total. The van der Waals surface area contributed by atoms with Crippen LogP contribution in [0.3, 0.4) is 0 Å². The van der Waals surface area contributed by atoms with E-state index >= 15 is 0 Å². The van der Waals surface area contributed by atoms with Gasteiger partial charge in [0.2, 0.25) is 0 Å². The number of hydrogen-bond acceptors (Lipinski definition) is 3. The van der Waals surface area contributed by atoms with Crippen LogP contribution in [0.2, 0.25) is 0 Å². The van der Waals surface area contributed by atoms with E-state index < -0.39 is 5.97 Å². The third kappa shape index (κ3) is 5.14. The van der Waals surface area contributed by atoms with E-state index in [9.17, 15) is 4.79 Å². The molecule has 0 atom stereocenters. The van der Waals surface area contributed by atoms with Crippen LogP contribution in [-0.4, -0.2) is 30.8 Å². The smallest absolute Gasteiger partial charge is 0.335 e. The summed E-state index contributed by atoms with van der Waals surface area (Å²) >= 11 is 0. The van der Waals surface area contributed by atoms with Crippen molar-refractivity contribution in [2.45, 2.75) is 39.2 Å². The van der Waals surface area contributed by atoms with Crippen LogP contribution in [0.25, 0.3) is 0 Å². The van der Waals surface area contributed by atoms with Crippen molar-refractivity contribution in [1.82, 2.24) is 5.32 Å². The Hall–Kier alpha value is -1.39. The lowest BCUT2D eigenvalue weighted by molar-refractivity contribution is 0.0696. The molecule has 4 heteroatoms. The zero-order valence-corrected chi connectivity index (χ0v) is 12.7. The Morgan fingerprint density at radius 1 is 1.38 bits per heavy atom. The lowest BCUT2D eigenvalue weighted by Gasteiger charge is -2.22. The summed E-state index contributed by atoms with van der Waals surface area (Å²) < 4.78 is 5.70. The highest BCUT2D eigenvalue weighted by atomic mass is 16.5. The second-order valence-electron chi connectivity index (χ2n) is 5.84. The zero-order chi connectivity index (χ0) is 15.1. The first kappa shape index (κ1) is 16.0. The topological polar surface area (TPSA) is 58.6 Å². The van der Waals surface area contributed by atoms with Gasteiger partial charge in [-0.3, -0.25) is 0 Å². The SMILES string of the molecule is Cc1cc(COCCCC2CCNCC2)ccc1C(=O)O. The molecule has 0 bridgehead atoms. The number of benzene rings is 1. The number of carbonyl (C=O) groups is 1. The van der Waals surface area contributed by atoms with Crippen LogP contribution in [0.5, 0.6) is 0 Å². The number of nitrogens with one attached hydrogen (secondary N) is 1. The average molecular weight is 291 g/mol. The Morgan fingerprint density at radius 3 is 2.81 bits per heavy atom. The maximum absolute atomic E-state index is 10.9. The Labute approximate surface area is 126 Å². The van der Waals surface area contributed by atoms with Gasteiger partial charge in [0.05, 0.1) is 12.2 Å². The maximum atomic E-state index is 10.9. The predicted octanol–water partition coefficient (Wildman–Crippen LogP) is 2.99. The highest BCUT2D eigenvalue weighted by Gasteiger charge is 2.12. The molecule has 0 saturated carbocycles. The van der Waals surface area contributed by atoms with Crippen LogP contribution in [0.4, 0.5) is 0 Å². The minimum absolute atomic E-state index is 0.365. The zero-order valence-electron chi connectivity index (χ0n) is 12.7. The van der Waals surface area contributed by atoms with Crippen molar-refractivity contribution in [2.24, 2.45) is 5.92 Å². The van der Waals surface area contributed by atoms with E-state index in [4.69, 9.17) is 9.84 Å². The second-order valence-corrected chi connectivity index (χ2v) is 5.84. The van der Waals surface area contributed by atoms with Crippen molar-refractivity contribution in [1.29, 1.82) is 0 Å². The Balaban J connectivity index is 1.66. The van der Waals surface area contributed by atoms with Gasteiger partial charge >= 0.3 is 5.97 Å². The van der Waals surface area contributed by atoms with Crippen molar-refractivity contribution in [3.05, 3.63) is 34.9 Å². The number of piperidine rings is 1. The number of rotatable bonds is 7. The minimum atomic E-state index is -0.873. The van der Waals surface area contributed by atoms with Gasteiger partial charge < -0.3 is 15.2 Å². The molecule has 116 valence electrons. The van der Waals surface area contributed by atoms with Crippen LogP contribution >= 0.6 is 0 Å². The summed E-state index contributed by atoms with van der Waals surface area (Å²) in [5, 5.41) is 12.4. The summed E-state index contributed by atoms with van der Waals surface area (Å²) in [6.45, 7) is 5.47. The molecule has 1 saturated heterocycles. The van der Waals surface area contributed by atoms with E-state index in [0.29, 0.717) is 12.2 Å². The number of aromatic carboxylic acids is 1. The molecule has 1 heterocycles. The van der Waals surface area contributed by atoms with Gasteiger partial charge in [0, 0.05) is 6.61 Å². The minimum Gasteiger partial charge on any atom is -0.478 e. The molecule has 1 aliphatic heterocycles. The number of hydrogen-bond donors (Lipinski definition) is 2. The van der Waals surface area contributed by atoms with Gasteiger partial charge in [0.15, 0.2) is 0 Å². The molecule has 0 radical (unpaired) electrons. The number of carboxylic acids is 1. The molecule has 0 unspecified atom stereocenters. The Bertz CT molecular complexity index is 467. The summed E-state index contributed by atoms with van der Waals surface area (Å²) in [6.07, 6.45) is 4.93. The van der Waals surface area contributed by atoms with E-state index in [2.05, 4.69) is 5.32 Å². The molecule has 0 aromatic heterocycles. The van der Waals surface area contributed by atoms with Crippen molar-refractivity contribution < 1.29 is 14.6 Å². The number of ether oxygens (including phenoxy) is 1. The summed E-state index contributed by atoms with van der Waals surface area (Å²) in [5.41, 5.74) is 2.20. The van der Waals surface area contributed by atoms with E-state index in [-0.39, 0.29) is 0 Å². The van der Waals surface area contributed by atoms with Crippen LogP contribution in [0, 0.1) is 12.8 Å². The molecule has 1 aromatic rings. The second kappa shape index (κ2) is 8.15. The molecule has 1 fully saturated rings. The van der Waals surface area contributed by atoms with Crippen molar-refractivity contribution >= 4 is 5.97 Å². The average Bonchev–Trinajstić information content (AvgIpc) is 2.47. The normalized spacial score (nSPS) is 16.0. The fourth-order valence-corrected chi connectivity index (χ4v) is 2.89. The number of carboxylic acid groups (broad SMARTS) is 1. The van der Waals surface area contributed by atoms with E-state index in [1.807, 2.05) is 19.1 Å². The molecule has 1 aliphatic rings. The quantitative estimate of drug-likeness (QED) is 0.758. The lowest BCUT2D eigenvalue weighted by Crippen LogP contribution is -2.27. The highest BCUT2D eigenvalue weighted by Crippen LogP contribution is 2.18. The van der Waals surface area contributed by atoms with Crippen molar-refractivity contribution in [3.8, 4) is 0 Å².